The van der Waals surface area contributed by atoms with Gasteiger partial charge in [0, 0.05) is 21.5 Å². The van der Waals surface area contributed by atoms with Gasteiger partial charge in [-0.05, 0) is 25.0 Å². The third kappa shape index (κ3) is 3.01. The van der Waals surface area contributed by atoms with E-state index < -0.39 is 0 Å². The SMILES string of the molecule is O=C(NC1CCCCCC1)c1cc2c(Cl)nc3ccccc3c2s1. The van der Waals surface area contributed by atoms with Gasteiger partial charge in [-0.1, -0.05) is 55.5 Å². The molecule has 2 aromatic heterocycles. The standard InChI is InChI=1S/C19H19ClN2OS/c20-18-14-11-16(19(23)21-12-7-3-1-2-4-8-12)24-17(14)13-9-5-6-10-15(13)22-18/h5-6,9-12H,1-4,7-8H2,(H,21,23). The van der Waals surface area contributed by atoms with E-state index in [4.69, 9.17) is 11.6 Å². The van der Waals surface area contributed by atoms with E-state index in [1.54, 1.807) is 0 Å². The Morgan fingerprint density at radius 2 is 1.88 bits per heavy atom. The summed E-state index contributed by atoms with van der Waals surface area (Å²) < 4.78 is 1.04. The average molecular weight is 359 g/mol. The minimum absolute atomic E-state index is 0.0169. The smallest absolute Gasteiger partial charge is 0.261 e. The zero-order valence-corrected chi connectivity index (χ0v) is 14.9. The number of nitrogens with one attached hydrogen (secondary N) is 1. The minimum atomic E-state index is 0.0169. The summed E-state index contributed by atoms with van der Waals surface area (Å²) in [6, 6.07) is 10.1. The fourth-order valence-electron chi connectivity index (χ4n) is 3.47. The van der Waals surface area contributed by atoms with Crippen molar-refractivity contribution in [1.29, 1.82) is 0 Å². The Morgan fingerprint density at radius 1 is 1.12 bits per heavy atom. The highest BCUT2D eigenvalue weighted by Gasteiger charge is 2.19. The summed E-state index contributed by atoms with van der Waals surface area (Å²) in [5.41, 5.74) is 0.868. The molecular weight excluding hydrogens is 340 g/mol. The summed E-state index contributed by atoms with van der Waals surface area (Å²) in [6.45, 7) is 0. The Labute approximate surface area is 150 Å². The van der Waals surface area contributed by atoms with Crippen molar-refractivity contribution in [2.24, 2.45) is 0 Å². The van der Waals surface area contributed by atoms with Gasteiger partial charge in [0.05, 0.1) is 10.4 Å². The van der Waals surface area contributed by atoms with Crippen LogP contribution >= 0.6 is 22.9 Å². The van der Waals surface area contributed by atoms with Crippen molar-refractivity contribution in [3.8, 4) is 0 Å². The van der Waals surface area contributed by atoms with Crippen LogP contribution in [0.25, 0.3) is 21.0 Å². The number of hydrogen-bond donors (Lipinski definition) is 1. The largest absolute Gasteiger partial charge is 0.349 e. The molecule has 0 saturated heterocycles. The number of fused-ring (bicyclic) bond motifs is 3. The van der Waals surface area contributed by atoms with Gasteiger partial charge in [0.2, 0.25) is 0 Å². The molecule has 1 saturated carbocycles. The molecule has 0 radical (unpaired) electrons. The molecule has 0 atom stereocenters. The molecular formula is C19H19ClN2OS. The lowest BCUT2D eigenvalue weighted by Crippen LogP contribution is -2.33. The number of halogens is 1. The maximum absolute atomic E-state index is 12.7. The molecule has 0 aliphatic heterocycles. The monoisotopic (exact) mass is 358 g/mol. The summed E-state index contributed by atoms with van der Waals surface area (Å²) in [7, 11) is 0. The molecule has 1 aromatic carbocycles. The van der Waals surface area contributed by atoms with E-state index in [0.717, 1.165) is 33.8 Å². The predicted molar refractivity (Wildman–Crippen MR) is 101 cm³/mol. The van der Waals surface area contributed by atoms with Gasteiger partial charge in [0.15, 0.2) is 0 Å². The first-order valence-corrected chi connectivity index (χ1v) is 9.70. The normalized spacial score (nSPS) is 16.4. The van der Waals surface area contributed by atoms with E-state index >= 15 is 0 Å². The number of hydrogen-bond acceptors (Lipinski definition) is 3. The van der Waals surface area contributed by atoms with Crippen LogP contribution in [0.1, 0.15) is 48.2 Å². The number of nitrogens with zero attached hydrogens (tertiary/aromatic N) is 1. The number of carbonyl (C=O) groups excluding carboxylic acids is 1. The highest BCUT2D eigenvalue weighted by molar-refractivity contribution is 7.21. The van der Waals surface area contributed by atoms with Crippen molar-refractivity contribution in [3.63, 3.8) is 0 Å². The van der Waals surface area contributed by atoms with Crippen molar-refractivity contribution >= 4 is 49.8 Å². The molecule has 5 heteroatoms. The zero-order chi connectivity index (χ0) is 16.5. The van der Waals surface area contributed by atoms with E-state index in [2.05, 4.69) is 10.3 Å². The summed E-state index contributed by atoms with van der Waals surface area (Å²) >= 11 is 7.84. The molecule has 124 valence electrons. The molecule has 3 aromatic rings. The summed E-state index contributed by atoms with van der Waals surface area (Å²) in [5, 5.41) is 5.60. The van der Waals surface area contributed by atoms with Crippen LogP contribution in [0.2, 0.25) is 5.15 Å². The van der Waals surface area contributed by atoms with Crippen LogP contribution < -0.4 is 5.32 Å². The van der Waals surface area contributed by atoms with Gasteiger partial charge >= 0.3 is 0 Å². The molecule has 0 unspecified atom stereocenters. The van der Waals surface area contributed by atoms with Crippen LogP contribution in [0.3, 0.4) is 0 Å². The fourth-order valence-corrected chi connectivity index (χ4v) is 4.86. The number of carbonyl (C=O) groups is 1. The maximum Gasteiger partial charge on any atom is 0.261 e. The first-order chi connectivity index (χ1) is 11.7. The van der Waals surface area contributed by atoms with Gasteiger partial charge in [-0.25, -0.2) is 4.98 Å². The van der Waals surface area contributed by atoms with Crippen LogP contribution in [-0.2, 0) is 0 Å². The summed E-state index contributed by atoms with van der Waals surface area (Å²) in [6.07, 6.45) is 7.14. The van der Waals surface area contributed by atoms with Crippen molar-refractivity contribution in [3.05, 3.63) is 40.4 Å². The van der Waals surface area contributed by atoms with Crippen LogP contribution in [0.5, 0.6) is 0 Å². The van der Waals surface area contributed by atoms with E-state index in [0.29, 0.717) is 16.1 Å². The minimum Gasteiger partial charge on any atom is -0.349 e. The van der Waals surface area contributed by atoms with Crippen LogP contribution in [-0.4, -0.2) is 16.9 Å². The second-order valence-electron chi connectivity index (χ2n) is 6.44. The van der Waals surface area contributed by atoms with Crippen LogP contribution in [0, 0.1) is 0 Å². The van der Waals surface area contributed by atoms with Gasteiger partial charge in [-0.15, -0.1) is 11.3 Å². The van der Waals surface area contributed by atoms with Gasteiger partial charge in [-0.2, -0.15) is 0 Å². The Kier molecular flexibility index (Phi) is 4.42. The number of para-hydroxylation sites is 1. The number of amides is 1. The molecule has 0 spiro atoms. The first kappa shape index (κ1) is 15.9. The summed E-state index contributed by atoms with van der Waals surface area (Å²) in [5.74, 6) is 0.0169. The number of aromatic nitrogens is 1. The lowest BCUT2D eigenvalue weighted by molar-refractivity contribution is 0.0937. The van der Waals surface area contributed by atoms with Crippen molar-refractivity contribution in [1.82, 2.24) is 10.3 Å². The third-order valence-corrected chi connectivity index (χ3v) is 6.19. The Balaban J connectivity index is 1.68. The molecule has 1 aliphatic carbocycles. The highest BCUT2D eigenvalue weighted by atomic mass is 35.5. The zero-order valence-electron chi connectivity index (χ0n) is 13.3. The summed E-state index contributed by atoms with van der Waals surface area (Å²) in [4.78, 5) is 17.8. The molecule has 1 fully saturated rings. The average Bonchev–Trinajstić information content (AvgIpc) is 2.89. The molecule has 1 amide bonds. The second-order valence-corrected chi connectivity index (χ2v) is 7.85. The fraction of sp³-hybridized carbons (Fsp3) is 0.368. The topological polar surface area (TPSA) is 42.0 Å². The van der Waals surface area contributed by atoms with Crippen LogP contribution in [0.15, 0.2) is 30.3 Å². The molecule has 3 nitrogen and oxygen atoms in total. The molecule has 4 rings (SSSR count). The van der Waals surface area contributed by atoms with E-state index in [1.165, 1.54) is 37.0 Å². The number of thiophene rings is 1. The predicted octanol–water partition coefficient (Wildman–Crippen LogP) is 5.56. The number of rotatable bonds is 2. The maximum atomic E-state index is 12.7. The Bertz CT molecular complexity index is 897. The molecule has 0 bridgehead atoms. The van der Waals surface area contributed by atoms with E-state index in [-0.39, 0.29) is 5.91 Å². The second kappa shape index (κ2) is 6.69. The van der Waals surface area contributed by atoms with Crippen molar-refractivity contribution < 1.29 is 4.79 Å². The number of benzene rings is 1. The van der Waals surface area contributed by atoms with Gasteiger partial charge in [0.25, 0.3) is 5.91 Å². The molecule has 24 heavy (non-hydrogen) atoms. The Hall–Kier alpha value is -1.65. The van der Waals surface area contributed by atoms with E-state index in [1.807, 2.05) is 30.3 Å². The van der Waals surface area contributed by atoms with Crippen molar-refractivity contribution in [2.75, 3.05) is 0 Å². The first-order valence-electron chi connectivity index (χ1n) is 8.51. The molecule has 1 aliphatic rings. The van der Waals surface area contributed by atoms with Gasteiger partial charge in [-0.3, -0.25) is 4.79 Å². The molecule has 1 N–H and O–H groups in total. The van der Waals surface area contributed by atoms with E-state index in [9.17, 15) is 4.79 Å². The Morgan fingerprint density at radius 3 is 2.67 bits per heavy atom. The van der Waals surface area contributed by atoms with Crippen molar-refractivity contribution in [2.45, 2.75) is 44.6 Å². The lowest BCUT2D eigenvalue weighted by Gasteiger charge is -2.15. The number of pyridine rings is 1. The lowest BCUT2D eigenvalue weighted by atomic mass is 10.1. The highest BCUT2D eigenvalue weighted by Crippen LogP contribution is 2.35. The van der Waals surface area contributed by atoms with Gasteiger partial charge < -0.3 is 5.32 Å². The quantitative estimate of drug-likeness (QED) is 0.481. The molecule has 2 heterocycles. The van der Waals surface area contributed by atoms with Crippen LogP contribution in [0.4, 0.5) is 0 Å². The van der Waals surface area contributed by atoms with Gasteiger partial charge in [0.1, 0.15) is 5.15 Å². The third-order valence-electron chi connectivity index (χ3n) is 4.74.